The Morgan fingerprint density at radius 3 is 2.00 bits per heavy atom. The van der Waals surface area contributed by atoms with E-state index in [1.165, 1.54) is 12.2 Å². The third-order valence-corrected chi connectivity index (χ3v) is 5.16. The van der Waals surface area contributed by atoms with Gasteiger partial charge in [0.2, 0.25) is 0 Å². The first-order valence-corrected chi connectivity index (χ1v) is 10.2. The van der Waals surface area contributed by atoms with E-state index in [1.54, 1.807) is 13.8 Å². The zero-order valence-electron chi connectivity index (χ0n) is 18.3. The van der Waals surface area contributed by atoms with E-state index in [4.69, 9.17) is 15.2 Å². The van der Waals surface area contributed by atoms with Crippen LogP contribution in [-0.2, 0) is 19.1 Å². The molecule has 0 aromatic carbocycles. The molecular formula is C19H25F9N2O4. The number of nitrogens with one attached hydrogen (secondary N) is 1. The van der Waals surface area contributed by atoms with Crippen molar-refractivity contribution in [3.8, 4) is 0 Å². The first kappa shape index (κ1) is 30.0. The summed E-state index contributed by atoms with van der Waals surface area (Å²) < 4.78 is 129. The number of halogens is 9. The van der Waals surface area contributed by atoms with Crippen molar-refractivity contribution in [2.75, 3.05) is 6.61 Å². The smallest absolute Gasteiger partial charge is 0.460 e. The van der Waals surface area contributed by atoms with Gasteiger partial charge >= 0.3 is 29.9 Å². The van der Waals surface area contributed by atoms with Crippen molar-refractivity contribution in [3.05, 3.63) is 11.6 Å². The Balaban J connectivity index is 3.33. The molecule has 0 heterocycles. The fourth-order valence-electron chi connectivity index (χ4n) is 3.15. The number of rotatable bonds is 10. The highest BCUT2D eigenvalue weighted by Gasteiger charge is 2.83. The van der Waals surface area contributed by atoms with Gasteiger partial charge < -0.3 is 20.5 Å². The normalized spacial score (nSPS) is 22.4. The molecule has 15 heteroatoms. The molecule has 0 bridgehead atoms. The lowest BCUT2D eigenvalue weighted by atomic mass is 9.87. The summed E-state index contributed by atoms with van der Waals surface area (Å²) in [5.74, 6) is -24.8. The zero-order valence-corrected chi connectivity index (χ0v) is 18.3. The van der Waals surface area contributed by atoms with Gasteiger partial charge in [-0.1, -0.05) is 13.8 Å². The van der Waals surface area contributed by atoms with Crippen LogP contribution in [0.1, 0.15) is 40.0 Å². The Labute approximate surface area is 189 Å². The number of nitrogens with two attached hydrogens (primary N) is 1. The molecule has 0 unspecified atom stereocenters. The highest BCUT2D eigenvalue weighted by molar-refractivity contribution is 5.89. The summed E-state index contributed by atoms with van der Waals surface area (Å²) in [7, 11) is 0. The maximum Gasteiger partial charge on any atom is 0.460 e. The third-order valence-electron chi connectivity index (χ3n) is 5.16. The van der Waals surface area contributed by atoms with Gasteiger partial charge in [-0.2, -0.15) is 39.5 Å². The van der Waals surface area contributed by atoms with Crippen molar-refractivity contribution in [1.29, 1.82) is 0 Å². The average Bonchev–Trinajstić information content (AvgIpc) is 2.72. The number of carbonyl (C=O) groups excluding carboxylic acids is 2. The summed E-state index contributed by atoms with van der Waals surface area (Å²) in [6.45, 7) is 4.77. The van der Waals surface area contributed by atoms with Gasteiger partial charge in [0, 0.05) is 11.6 Å². The Hall–Kier alpha value is -2.03. The van der Waals surface area contributed by atoms with Crippen LogP contribution in [0, 0.1) is 0 Å². The molecule has 0 radical (unpaired) electrons. The number of carbonyl (C=O) groups is 2. The van der Waals surface area contributed by atoms with Crippen molar-refractivity contribution < 1.29 is 58.6 Å². The van der Waals surface area contributed by atoms with Gasteiger partial charge in [-0.3, -0.25) is 4.79 Å². The van der Waals surface area contributed by atoms with Crippen molar-refractivity contribution in [2.24, 2.45) is 5.73 Å². The van der Waals surface area contributed by atoms with Crippen LogP contribution in [0.2, 0.25) is 0 Å². The van der Waals surface area contributed by atoms with Gasteiger partial charge in [0.15, 0.2) is 0 Å². The molecule has 1 aliphatic rings. The lowest BCUT2D eigenvalue weighted by molar-refractivity contribution is -0.388. The predicted molar refractivity (Wildman–Crippen MR) is 99.4 cm³/mol. The number of amides is 1. The molecule has 34 heavy (non-hydrogen) atoms. The number of hydrogen-bond acceptors (Lipinski definition) is 5. The lowest BCUT2D eigenvalue weighted by Gasteiger charge is -2.38. The third kappa shape index (κ3) is 5.78. The molecule has 1 amide bonds. The first-order chi connectivity index (χ1) is 15.4. The summed E-state index contributed by atoms with van der Waals surface area (Å²) in [6, 6.07) is -3.22. The minimum absolute atomic E-state index is 0.0433. The van der Waals surface area contributed by atoms with Gasteiger partial charge in [0.25, 0.3) is 5.91 Å². The van der Waals surface area contributed by atoms with E-state index in [-0.39, 0.29) is 12.2 Å². The van der Waals surface area contributed by atoms with Crippen LogP contribution in [0.5, 0.6) is 0 Å². The second-order valence-corrected chi connectivity index (χ2v) is 7.54. The Morgan fingerprint density at radius 1 is 1.03 bits per heavy atom. The van der Waals surface area contributed by atoms with Crippen molar-refractivity contribution in [3.63, 3.8) is 0 Å². The molecule has 3 atom stereocenters. The maximum atomic E-state index is 14.0. The number of ether oxygens (including phenoxy) is 2. The molecule has 0 saturated carbocycles. The van der Waals surface area contributed by atoms with E-state index in [9.17, 15) is 49.1 Å². The van der Waals surface area contributed by atoms with E-state index < -0.39 is 66.5 Å². The average molecular weight is 516 g/mol. The van der Waals surface area contributed by atoms with Crippen LogP contribution in [0.25, 0.3) is 0 Å². The fourth-order valence-corrected chi connectivity index (χ4v) is 3.15. The van der Waals surface area contributed by atoms with Gasteiger partial charge in [0.1, 0.15) is 0 Å². The Bertz CT molecular complexity index is 767. The van der Waals surface area contributed by atoms with Gasteiger partial charge in [0.05, 0.1) is 24.9 Å². The van der Waals surface area contributed by atoms with E-state index in [0.29, 0.717) is 12.8 Å². The topological polar surface area (TPSA) is 90.6 Å². The molecule has 0 aromatic heterocycles. The summed E-state index contributed by atoms with van der Waals surface area (Å²) in [6.07, 6.45) is -7.83. The molecule has 0 aromatic rings. The second kappa shape index (κ2) is 10.7. The largest absolute Gasteiger partial charge is 0.463 e. The van der Waals surface area contributed by atoms with Crippen LogP contribution in [-0.4, -0.2) is 66.7 Å². The quantitative estimate of drug-likeness (QED) is 0.341. The molecule has 0 saturated heterocycles. The lowest BCUT2D eigenvalue weighted by Crippen LogP contribution is -2.68. The van der Waals surface area contributed by atoms with Gasteiger partial charge in [-0.25, -0.2) is 4.79 Å². The maximum absolute atomic E-state index is 14.0. The number of hydrogen-bond donors (Lipinski definition) is 2. The van der Waals surface area contributed by atoms with Crippen LogP contribution >= 0.6 is 0 Å². The Morgan fingerprint density at radius 2 is 1.56 bits per heavy atom. The molecule has 0 aliphatic heterocycles. The fraction of sp³-hybridized carbons (Fsp3) is 0.789. The molecule has 198 valence electrons. The van der Waals surface area contributed by atoms with Crippen molar-refractivity contribution in [2.45, 2.75) is 88.3 Å². The number of alkyl halides is 9. The van der Waals surface area contributed by atoms with Crippen LogP contribution in [0.15, 0.2) is 11.6 Å². The SMILES string of the molecule is CCOC(=O)C1=C[C@@H](OC(CC)CC)[C@H](NC(=O)C(F)(F)C(F)(F)C(F)(F)C(F)(F)F)[C@@H](N)C1. The summed E-state index contributed by atoms with van der Waals surface area (Å²) in [5, 5.41) is 1.32. The first-order valence-electron chi connectivity index (χ1n) is 10.2. The van der Waals surface area contributed by atoms with Crippen molar-refractivity contribution >= 4 is 11.9 Å². The molecule has 1 aliphatic carbocycles. The van der Waals surface area contributed by atoms with Crippen LogP contribution in [0.3, 0.4) is 0 Å². The van der Waals surface area contributed by atoms with E-state index in [0.717, 1.165) is 6.08 Å². The number of esters is 1. The zero-order chi connectivity index (χ0) is 26.7. The van der Waals surface area contributed by atoms with E-state index in [2.05, 4.69) is 0 Å². The predicted octanol–water partition coefficient (Wildman–Crippen LogP) is 3.73. The molecule has 0 fully saturated rings. The highest BCUT2D eigenvalue weighted by Crippen LogP contribution is 2.53. The van der Waals surface area contributed by atoms with E-state index >= 15 is 0 Å². The monoisotopic (exact) mass is 516 g/mol. The minimum atomic E-state index is -7.22. The summed E-state index contributed by atoms with van der Waals surface area (Å²) in [4.78, 5) is 24.0. The van der Waals surface area contributed by atoms with Gasteiger partial charge in [-0.15, -0.1) is 0 Å². The Kier molecular flexibility index (Phi) is 9.45. The highest BCUT2D eigenvalue weighted by atomic mass is 19.4. The minimum Gasteiger partial charge on any atom is -0.463 e. The molecule has 6 nitrogen and oxygen atoms in total. The summed E-state index contributed by atoms with van der Waals surface area (Å²) >= 11 is 0. The van der Waals surface area contributed by atoms with E-state index in [1.807, 2.05) is 0 Å². The van der Waals surface area contributed by atoms with Crippen molar-refractivity contribution in [1.82, 2.24) is 5.32 Å². The van der Waals surface area contributed by atoms with Gasteiger partial charge in [-0.05, 0) is 32.3 Å². The molecular weight excluding hydrogens is 491 g/mol. The molecule has 0 spiro atoms. The summed E-state index contributed by atoms with van der Waals surface area (Å²) in [5.41, 5.74) is 5.72. The van der Waals surface area contributed by atoms with Crippen LogP contribution in [0.4, 0.5) is 39.5 Å². The van der Waals surface area contributed by atoms with Crippen LogP contribution < -0.4 is 11.1 Å². The molecule has 1 rings (SSSR count). The molecule has 3 N–H and O–H groups in total. The second-order valence-electron chi connectivity index (χ2n) is 7.54. The standard InChI is InChI=1S/C19H25F9N2O4/c1-4-10(5-2)34-12-8-9(14(31)33-6-3)7-11(29)13(12)30-15(32)16(20,21)17(22,23)18(24,25)19(26,27)28/h8,10-13H,4-7,29H2,1-3H3,(H,30,32)/t11-,12+,13+/m0/s1.